The maximum Gasteiger partial charge on any atom is 0.227 e. The van der Waals surface area contributed by atoms with Gasteiger partial charge in [-0.1, -0.05) is 23.7 Å². The first-order chi connectivity index (χ1) is 8.24. The van der Waals surface area contributed by atoms with Crippen LogP contribution in [-0.2, 0) is 0 Å². The van der Waals surface area contributed by atoms with E-state index in [9.17, 15) is 0 Å². The second-order valence-electron chi connectivity index (χ2n) is 3.72. The summed E-state index contributed by atoms with van der Waals surface area (Å²) in [6.45, 7) is 0. The second kappa shape index (κ2) is 3.79. The monoisotopic (exact) mass is 244 g/mol. The lowest BCUT2D eigenvalue weighted by Gasteiger charge is -1.99. The third kappa shape index (κ3) is 1.74. The predicted molar refractivity (Wildman–Crippen MR) is 68.9 cm³/mol. The van der Waals surface area contributed by atoms with E-state index in [2.05, 4.69) is 4.98 Å². The van der Waals surface area contributed by atoms with Crippen LogP contribution >= 0.6 is 11.6 Å². The minimum absolute atomic E-state index is 0.520. The zero-order valence-electron chi connectivity index (χ0n) is 8.85. The smallest absolute Gasteiger partial charge is 0.227 e. The van der Waals surface area contributed by atoms with Gasteiger partial charge in [0.25, 0.3) is 0 Å². The molecule has 84 valence electrons. The average molecular weight is 245 g/mol. The molecule has 0 amide bonds. The summed E-state index contributed by atoms with van der Waals surface area (Å²) in [4.78, 5) is 4.39. The van der Waals surface area contributed by atoms with Gasteiger partial charge in [-0.25, -0.2) is 4.98 Å². The van der Waals surface area contributed by atoms with Gasteiger partial charge < -0.3 is 10.2 Å². The maximum atomic E-state index is 5.87. The van der Waals surface area contributed by atoms with E-state index >= 15 is 0 Å². The van der Waals surface area contributed by atoms with Crippen molar-refractivity contribution >= 4 is 28.4 Å². The number of nitrogen functional groups attached to an aromatic ring is 1. The number of rotatable bonds is 1. The predicted octanol–water partition coefficient (Wildman–Crippen LogP) is 3.73. The fourth-order valence-electron chi connectivity index (χ4n) is 1.67. The summed E-state index contributed by atoms with van der Waals surface area (Å²) in [5, 5.41) is 0.532. The lowest BCUT2D eigenvalue weighted by molar-refractivity contribution is 0.620. The first-order valence-electron chi connectivity index (χ1n) is 5.15. The molecular weight excluding hydrogens is 236 g/mol. The summed E-state index contributed by atoms with van der Waals surface area (Å²) in [5.74, 6) is 0.551. The molecular formula is C13H9ClN2O. The van der Waals surface area contributed by atoms with Crippen molar-refractivity contribution in [3.63, 3.8) is 0 Å². The Morgan fingerprint density at radius 2 is 1.94 bits per heavy atom. The van der Waals surface area contributed by atoms with E-state index in [-0.39, 0.29) is 0 Å². The summed E-state index contributed by atoms with van der Waals surface area (Å²) in [6, 6.07) is 12.9. The highest BCUT2D eigenvalue weighted by molar-refractivity contribution is 6.33. The van der Waals surface area contributed by atoms with E-state index in [1.54, 1.807) is 12.1 Å². The van der Waals surface area contributed by atoms with Crippen LogP contribution in [0.3, 0.4) is 0 Å². The summed E-state index contributed by atoms with van der Waals surface area (Å²) in [7, 11) is 0. The van der Waals surface area contributed by atoms with Crippen LogP contribution in [0.25, 0.3) is 22.6 Å². The van der Waals surface area contributed by atoms with E-state index in [4.69, 9.17) is 21.8 Å². The van der Waals surface area contributed by atoms with Crippen LogP contribution in [0.1, 0.15) is 0 Å². The van der Waals surface area contributed by atoms with Gasteiger partial charge in [-0.2, -0.15) is 0 Å². The number of benzene rings is 2. The van der Waals surface area contributed by atoms with E-state index < -0.39 is 0 Å². The van der Waals surface area contributed by atoms with Crippen LogP contribution in [0.2, 0.25) is 5.02 Å². The third-order valence-corrected chi connectivity index (χ3v) is 2.88. The number of hydrogen-bond acceptors (Lipinski definition) is 3. The lowest BCUT2D eigenvalue weighted by atomic mass is 10.2. The Balaban J connectivity index is 2.17. The van der Waals surface area contributed by atoms with Crippen molar-refractivity contribution in [2.75, 3.05) is 5.73 Å². The Morgan fingerprint density at radius 3 is 2.71 bits per heavy atom. The van der Waals surface area contributed by atoms with E-state index in [1.807, 2.05) is 30.3 Å². The van der Waals surface area contributed by atoms with Crippen LogP contribution in [0.4, 0.5) is 5.69 Å². The molecule has 0 bridgehead atoms. The molecule has 0 unspecified atom stereocenters. The summed E-state index contributed by atoms with van der Waals surface area (Å²) in [5.41, 5.74) is 8.68. The highest BCUT2D eigenvalue weighted by Gasteiger charge is 2.08. The van der Waals surface area contributed by atoms with Gasteiger partial charge in [-0.05, 0) is 30.3 Å². The molecule has 3 aromatic rings. The van der Waals surface area contributed by atoms with Crippen molar-refractivity contribution in [3.05, 3.63) is 47.5 Å². The van der Waals surface area contributed by atoms with Crippen LogP contribution in [0.15, 0.2) is 46.9 Å². The molecule has 0 radical (unpaired) electrons. The van der Waals surface area contributed by atoms with Gasteiger partial charge >= 0.3 is 0 Å². The van der Waals surface area contributed by atoms with Gasteiger partial charge in [0.2, 0.25) is 5.89 Å². The minimum atomic E-state index is 0.520. The molecule has 3 nitrogen and oxygen atoms in total. The molecule has 17 heavy (non-hydrogen) atoms. The first-order valence-corrected chi connectivity index (χ1v) is 5.53. The van der Waals surface area contributed by atoms with Gasteiger partial charge in [-0.3, -0.25) is 0 Å². The number of nitrogens with two attached hydrogens (primary N) is 1. The van der Waals surface area contributed by atoms with Gasteiger partial charge in [0.15, 0.2) is 5.58 Å². The van der Waals surface area contributed by atoms with E-state index in [0.717, 1.165) is 16.7 Å². The van der Waals surface area contributed by atoms with Crippen molar-refractivity contribution in [1.82, 2.24) is 4.98 Å². The fourth-order valence-corrected chi connectivity index (χ4v) is 1.79. The fraction of sp³-hybridized carbons (Fsp3) is 0. The van der Waals surface area contributed by atoms with Gasteiger partial charge in [0, 0.05) is 5.56 Å². The number of para-hydroxylation sites is 2. The van der Waals surface area contributed by atoms with E-state index in [0.29, 0.717) is 16.6 Å². The zero-order chi connectivity index (χ0) is 11.8. The van der Waals surface area contributed by atoms with E-state index in [1.165, 1.54) is 0 Å². The Hall–Kier alpha value is -2.00. The number of fused-ring (bicyclic) bond motifs is 1. The third-order valence-electron chi connectivity index (χ3n) is 2.54. The number of aromatic nitrogens is 1. The largest absolute Gasteiger partial charge is 0.436 e. The number of anilines is 1. The molecule has 2 aromatic carbocycles. The van der Waals surface area contributed by atoms with Crippen molar-refractivity contribution < 1.29 is 4.42 Å². The number of halogens is 1. The summed E-state index contributed by atoms with van der Waals surface area (Å²) < 4.78 is 5.64. The quantitative estimate of drug-likeness (QED) is 0.664. The number of nitrogens with zero attached hydrogens (tertiary/aromatic N) is 1. The standard InChI is InChI=1S/C13H9ClN2O/c14-9-6-5-8(7-10(9)15)13-16-11-3-1-2-4-12(11)17-13/h1-7H,15H2. The molecule has 0 aliphatic carbocycles. The summed E-state index contributed by atoms with van der Waals surface area (Å²) in [6.07, 6.45) is 0. The van der Waals surface area contributed by atoms with Crippen molar-refractivity contribution in [1.29, 1.82) is 0 Å². The molecule has 3 rings (SSSR count). The maximum absolute atomic E-state index is 5.87. The Labute approximate surface area is 103 Å². The zero-order valence-corrected chi connectivity index (χ0v) is 9.61. The second-order valence-corrected chi connectivity index (χ2v) is 4.13. The van der Waals surface area contributed by atoms with Crippen LogP contribution in [-0.4, -0.2) is 4.98 Å². The molecule has 0 spiro atoms. The topological polar surface area (TPSA) is 52.0 Å². The molecule has 0 saturated carbocycles. The van der Waals surface area contributed by atoms with Gasteiger partial charge in [-0.15, -0.1) is 0 Å². The molecule has 4 heteroatoms. The van der Waals surface area contributed by atoms with Crippen molar-refractivity contribution in [2.45, 2.75) is 0 Å². The number of oxazole rings is 1. The van der Waals surface area contributed by atoms with Crippen LogP contribution in [0.5, 0.6) is 0 Å². The molecule has 0 aliphatic rings. The minimum Gasteiger partial charge on any atom is -0.436 e. The van der Waals surface area contributed by atoms with Crippen molar-refractivity contribution in [2.24, 2.45) is 0 Å². The van der Waals surface area contributed by atoms with Gasteiger partial charge in [0.05, 0.1) is 10.7 Å². The molecule has 2 N–H and O–H groups in total. The van der Waals surface area contributed by atoms with Crippen LogP contribution < -0.4 is 5.73 Å². The Kier molecular flexibility index (Phi) is 2.27. The SMILES string of the molecule is Nc1cc(-c2nc3ccccc3o2)ccc1Cl. The Morgan fingerprint density at radius 1 is 1.12 bits per heavy atom. The average Bonchev–Trinajstić information content (AvgIpc) is 2.76. The molecule has 0 saturated heterocycles. The molecule has 1 aromatic heterocycles. The molecule has 0 fully saturated rings. The Bertz CT molecular complexity index is 658. The van der Waals surface area contributed by atoms with Crippen molar-refractivity contribution in [3.8, 4) is 11.5 Å². The normalized spacial score (nSPS) is 10.9. The number of hydrogen-bond donors (Lipinski definition) is 1. The molecule has 0 aliphatic heterocycles. The lowest BCUT2D eigenvalue weighted by Crippen LogP contribution is -1.87. The highest BCUT2D eigenvalue weighted by atomic mass is 35.5. The summed E-state index contributed by atoms with van der Waals surface area (Å²) >= 11 is 5.87. The first kappa shape index (κ1) is 10.2. The molecule has 1 heterocycles. The van der Waals surface area contributed by atoms with Crippen LogP contribution in [0, 0.1) is 0 Å². The van der Waals surface area contributed by atoms with Gasteiger partial charge in [0.1, 0.15) is 5.52 Å². The highest BCUT2D eigenvalue weighted by Crippen LogP contribution is 2.28. The molecule has 0 atom stereocenters.